The summed E-state index contributed by atoms with van der Waals surface area (Å²) >= 11 is 0. The summed E-state index contributed by atoms with van der Waals surface area (Å²) in [6.07, 6.45) is -23.7. The highest BCUT2D eigenvalue weighted by molar-refractivity contribution is 5.76. The lowest BCUT2D eigenvalue weighted by Crippen LogP contribution is -2.70. The van der Waals surface area contributed by atoms with Crippen LogP contribution in [0.15, 0.2) is 12.2 Å². The van der Waals surface area contributed by atoms with Crippen molar-refractivity contribution in [1.29, 1.82) is 0 Å². The molecular weight excluding hydrogens is 1440 g/mol. The molecule has 2 amide bonds. The summed E-state index contributed by atoms with van der Waals surface area (Å²) in [5.74, 6) is -1.24. The van der Waals surface area contributed by atoms with Gasteiger partial charge in [0.1, 0.15) is 146 Å². The van der Waals surface area contributed by atoms with Crippen molar-refractivity contribution in [2.75, 3.05) is 46.2 Å². The van der Waals surface area contributed by atoms with Crippen LogP contribution in [0.5, 0.6) is 0 Å². The van der Waals surface area contributed by atoms with Crippen molar-refractivity contribution in [2.24, 2.45) is 0 Å². The number of allylic oxidation sites excluding steroid dienone is 1. The Morgan fingerprint density at radius 1 is 0.358 bits per heavy atom. The molecule has 0 aliphatic carbocycles. The predicted molar refractivity (Wildman–Crippen MR) is 382 cm³/mol. The van der Waals surface area contributed by atoms with Crippen LogP contribution >= 0.6 is 0 Å². The molecule has 12 unspecified atom stereocenters. The molecule has 6 rings (SSSR count). The number of unbranched alkanes of at least 4 members (excludes halogenated alkanes) is 25. The smallest absolute Gasteiger partial charge is 0.220 e. The summed E-state index contributed by atoms with van der Waals surface area (Å²) in [5, 5.41) is 216. The quantitative estimate of drug-likeness (QED) is 0.0220. The second-order valence-electron chi connectivity index (χ2n) is 29.9. The van der Waals surface area contributed by atoms with Crippen LogP contribution < -0.4 is 10.6 Å². The first kappa shape index (κ1) is 95.3. The average Bonchev–Trinajstić information content (AvgIpc) is 0.766. The molecule has 0 spiro atoms. The van der Waals surface area contributed by atoms with Gasteiger partial charge in [0.05, 0.1) is 58.4 Å². The third-order valence-electron chi connectivity index (χ3n) is 21.3. The minimum Gasteiger partial charge on any atom is -0.394 e. The minimum atomic E-state index is -2.30. The number of nitrogens with one attached hydrogen (secondary N) is 2. The predicted octanol–water partition coefficient (Wildman–Crippen LogP) is -2.57. The molecule has 109 heavy (non-hydrogen) atoms. The van der Waals surface area contributed by atoms with Gasteiger partial charge in [-0.15, -0.1) is 0 Å². The van der Waals surface area contributed by atoms with Crippen molar-refractivity contribution in [3.8, 4) is 0 Å². The summed E-state index contributed by atoms with van der Waals surface area (Å²) in [6, 6.07) is -2.92. The first-order valence-electron chi connectivity index (χ1n) is 40.0. The first-order chi connectivity index (χ1) is 52.4. The molecule has 6 aliphatic rings. The fourth-order valence-corrected chi connectivity index (χ4v) is 14.7. The summed E-state index contributed by atoms with van der Waals surface area (Å²) in [5.41, 5.74) is 0. The lowest BCUT2D eigenvalue weighted by molar-refractivity contribution is -0.392. The van der Waals surface area contributed by atoms with Gasteiger partial charge in [-0.3, -0.25) is 9.59 Å². The van der Waals surface area contributed by atoms with Crippen LogP contribution in [0.3, 0.4) is 0 Å². The third-order valence-corrected chi connectivity index (χ3v) is 21.3. The van der Waals surface area contributed by atoms with Crippen LogP contribution in [-0.2, 0) is 66.4 Å². The molecule has 0 bridgehead atoms. The molecule has 638 valence electrons. The standard InChI is InChI=1S/C74H134N2O33/c1-4-6-8-10-12-14-16-18-19-21-23-25-27-29-31-33-50(85)76-42(43(84)32-30-28-26-24-22-20-17-15-13-11-9-7-5-2)40-98-70-60(94)58(92)64(49(39-82)104-70)105-72-62(96)68(56(90)47(37-80)101-72)109-74-61(95)66(54(88)46(36-79)103-74)107-69-51(75-41(3)83)65(53(87)45(35-78)99-69)106-73-63(97)67(55(89)48(38-81)102-73)108-71-59(93)57(91)52(86)44(34-77)100-71/h30,32,42-49,51-74,77-82,84,86-97H,4-29,31,33-40H2,1-3H3,(H,75,83)(H,76,85)/b32-30+/t42-,43+,44?,45?,46?,47?,48?,49?,51?,52-,53-,54-,55-,56-,57-,58+,59?,60?,61?,62?,63?,64+,65+,66-,67-,68-,69-,70+,71+,72-,73-,74+/m0/s1. The van der Waals surface area contributed by atoms with Gasteiger partial charge in [0.2, 0.25) is 11.8 Å². The van der Waals surface area contributed by atoms with E-state index in [9.17, 15) is 107 Å². The zero-order chi connectivity index (χ0) is 79.7. The van der Waals surface area contributed by atoms with Crippen molar-refractivity contribution >= 4 is 11.8 Å². The van der Waals surface area contributed by atoms with Crippen molar-refractivity contribution in [3.05, 3.63) is 12.2 Å². The second kappa shape index (κ2) is 50.8. The summed E-state index contributed by atoms with van der Waals surface area (Å²) in [7, 11) is 0. The molecule has 6 fully saturated rings. The van der Waals surface area contributed by atoms with Gasteiger partial charge in [0.25, 0.3) is 0 Å². The van der Waals surface area contributed by atoms with E-state index < -0.39 is 248 Å². The Bertz CT molecular complexity index is 2470. The summed E-state index contributed by atoms with van der Waals surface area (Å²) in [4.78, 5) is 26.5. The van der Waals surface area contributed by atoms with Gasteiger partial charge in [-0.2, -0.15) is 0 Å². The molecule has 0 aromatic carbocycles. The monoisotopic (exact) mass is 1580 g/mol. The van der Waals surface area contributed by atoms with Gasteiger partial charge in [-0.25, -0.2) is 0 Å². The molecular formula is C74H134N2O33. The molecule has 0 aromatic heterocycles. The zero-order valence-corrected chi connectivity index (χ0v) is 63.6. The Morgan fingerprint density at radius 2 is 0.679 bits per heavy atom. The number of ether oxygens (including phenoxy) is 12. The largest absolute Gasteiger partial charge is 0.394 e. The Labute approximate surface area is 639 Å². The lowest BCUT2D eigenvalue weighted by Gasteiger charge is -2.50. The fraction of sp³-hybridized carbons (Fsp3) is 0.946. The highest BCUT2D eigenvalue weighted by Gasteiger charge is 2.58. The lowest BCUT2D eigenvalue weighted by atomic mass is 9.94. The van der Waals surface area contributed by atoms with E-state index in [1.807, 2.05) is 6.08 Å². The minimum absolute atomic E-state index is 0.174. The van der Waals surface area contributed by atoms with Gasteiger partial charge in [0, 0.05) is 13.3 Å². The topological polar surface area (TPSA) is 553 Å². The molecule has 0 radical (unpaired) electrons. The van der Waals surface area contributed by atoms with Gasteiger partial charge in [-0.05, 0) is 19.3 Å². The third kappa shape index (κ3) is 28.6. The number of carbonyl (C=O) groups is 2. The van der Waals surface area contributed by atoms with Crippen molar-refractivity contribution in [1.82, 2.24) is 10.6 Å². The molecule has 35 nitrogen and oxygen atoms in total. The van der Waals surface area contributed by atoms with E-state index in [1.54, 1.807) is 6.08 Å². The molecule has 6 saturated heterocycles. The van der Waals surface area contributed by atoms with Gasteiger partial charge < -0.3 is 164 Å². The van der Waals surface area contributed by atoms with Crippen LogP contribution in [0.1, 0.15) is 201 Å². The summed E-state index contributed by atoms with van der Waals surface area (Å²) < 4.78 is 70.2. The Kier molecular flexibility index (Phi) is 44.4. The summed E-state index contributed by atoms with van der Waals surface area (Å²) in [6.45, 7) is -1.01. The maximum Gasteiger partial charge on any atom is 0.220 e. The van der Waals surface area contributed by atoms with Gasteiger partial charge in [-0.1, -0.05) is 180 Å². The number of carbonyl (C=O) groups excluding carboxylic acids is 2. The van der Waals surface area contributed by atoms with E-state index in [1.165, 1.54) is 109 Å². The zero-order valence-electron chi connectivity index (χ0n) is 63.6. The van der Waals surface area contributed by atoms with E-state index in [2.05, 4.69) is 24.5 Å². The van der Waals surface area contributed by atoms with Crippen LogP contribution in [0.4, 0.5) is 0 Å². The van der Waals surface area contributed by atoms with Crippen molar-refractivity contribution < 1.29 is 163 Å². The van der Waals surface area contributed by atoms with Crippen LogP contribution in [0, 0.1) is 0 Å². The van der Waals surface area contributed by atoms with Crippen molar-refractivity contribution in [2.45, 2.75) is 397 Å². The number of rotatable bonds is 51. The van der Waals surface area contributed by atoms with E-state index in [0.717, 1.165) is 58.3 Å². The number of aliphatic hydroxyl groups is 19. The van der Waals surface area contributed by atoms with Crippen LogP contribution in [0.2, 0.25) is 0 Å². The number of hydrogen-bond acceptors (Lipinski definition) is 33. The van der Waals surface area contributed by atoms with Crippen LogP contribution in [-0.4, -0.2) is 351 Å². The normalized spacial score (nSPS) is 38.0. The number of hydrogen-bond donors (Lipinski definition) is 21. The van der Waals surface area contributed by atoms with Crippen molar-refractivity contribution in [3.63, 3.8) is 0 Å². The molecule has 6 heterocycles. The Balaban J connectivity index is 1.10. The van der Waals surface area contributed by atoms with E-state index in [4.69, 9.17) is 56.8 Å². The fourth-order valence-electron chi connectivity index (χ4n) is 14.7. The second-order valence-corrected chi connectivity index (χ2v) is 29.9. The Morgan fingerprint density at radius 3 is 1.08 bits per heavy atom. The molecule has 21 N–H and O–H groups in total. The highest BCUT2D eigenvalue weighted by Crippen LogP contribution is 2.38. The SMILES string of the molecule is CCCCCCCCCCCCC/C=C/[C@@H](O)[C@H](CO[C@@H]1OC(CO)[C@@H](O[C@@H]2OC(CO)[C@H](O)[C@H](O[C@H]3OC(CO)[C@H](O)[C@H](O[C@@H]4OC(CO)[C@H](O)[C@H](O[C@@H]5OC(CO)[C@H](O)[C@H](O[C@H]6OC(CO)[C@H](O)[C@H](O)C6O)C5O)C4NC(C)=O)C3O)C2O)[C@H](O)C1O)NC(=O)CCCCCCCCCCCCCCCCC. The molecule has 35 heteroatoms. The maximum absolute atomic E-state index is 13.5. The van der Waals surface area contributed by atoms with E-state index >= 15 is 0 Å². The van der Waals surface area contributed by atoms with Crippen LogP contribution in [0.25, 0.3) is 0 Å². The van der Waals surface area contributed by atoms with E-state index in [0.29, 0.717) is 12.8 Å². The molecule has 6 aliphatic heterocycles. The Hall–Kier alpha value is -2.56. The maximum atomic E-state index is 13.5. The number of aliphatic hydroxyl groups excluding tert-OH is 19. The molecule has 0 aromatic rings. The number of amides is 2. The highest BCUT2D eigenvalue weighted by atomic mass is 16.8. The molecule has 0 saturated carbocycles. The molecule has 32 atom stereocenters. The van der Waals surface area contributed by atoms with Gasteiger partial charge >= 0.3 is 0 Å². The first-order valence-corrected chi connectivity index (χ1v) is 40.0. The average molecular weight is 1580 g/mol. The van der Waals surface area contributed by atoms with E-state index in [-0.39, 0.29) is 12.3 Å². The van der Waals surface area contributed by atoms with Gasteiger partial charge in [0.15, 0.2) is 37.7 Å².